The lowest BCUT2D eigenvalue weighted by molar-refractivity contribution is -0.137. The number of ether oxygens (including phenoxy) is 1. The highest BCUT2D eigenvalue weighted by molar-refractivity contribution is 6.42. The van der Waals surface area contributed by atoms with Crippen LogP contribution < -0.4 is 15.5 Å². The molecular weight excluding hydrogens is 444 g/mol. The molecule has 0 saturated carbocycles. The SMILES string of the molecule is COc1ccc(C(F)(F)F)cc1N=C(NC#N)N1CN=C(c2ccc(Cl)c(Cl)c2)N1. The van der Waals surface area contributed by atoms with Crippen molar-refractivity contribution in [1.82, 2.24) is 15.8 Å². The second-order valence-corrected chi connectivity index (χ2v) is 6.69. The zero-order chi connectivity index (χ0) is 21.9. The van der Waals surface area contributed by atoms with Crippen LogP contribution in [-0.4, -0.2) is 30.6 Å². The lowest BCUT2D eigenvalue weighted by atomic mass is 10.2. The summed E-state index contributed by atoms with van der Waals surface area (Å²) in [4.78, 5) is 8.43. The van der Waals surface area contributed by atoms with E-state index in [0.29, 0.717) is 21.4 Å². The molecule has 0 saturated heterocycles. The van der Waals surface area contributed by atoms with Crippen molar-refractivity contribution in [2.24, 2.45) is 9.98 Å². The summed E-state index contributed by atoms with van der Waals surface area (Å²) in [6, 6.07) is 7.75. The van der Waals surface area contributed by atoms with Crippen LogP contribution >= 0.6 is 23.2 Å². The average molecular weight is 457 g/mol. The predicted octanol–water partition coefficient (Wildman–Crippen LogP) is 4.30. The van der Waals surface area contributed by atoms with Crippen molar-refractivity contribution in [3.05, 3.63) is 57.6 Å². The molecule has 0 unspecified atom stereocenters. The first-order valence-electron chi connectivity index (χ1n) is 8.26. The van der Waals surface area contributed by atoms with Gasteiger partial charge in [-0.2, -0.15) is 18.4 Å². The first-order chi connectivity index (χ1) is 14.2. The minimum atomic E-state index is -4.56. The first kappa shape index (κ1) is 21.5. The van der Waals surface area contributed by atoms with Gasteiger partial charge in [0.1, 0.15) is 23.9 Å². The molecule has 1 aliphatic rings. The van der Waals surface area contributed by atoms with Crippen molar-refractivity contribution in [2.45, 2.75) is 6.18 Å². The Hall–Kier alpha value is -3.16. The van der Waals surface area contributed by atoms with Gasteiger partial charge in [-0.1, -0.05) is 23.2 Å². The number of methoxy groups -OCH3 is 1. The highest BCUT2D eigenvalue weighted by Gasteiger charge is 2.31. The van der Waals surface area contributed by atoms with E-state index in [2.05, 4.69) is 20.7 Å². The predicted molar refractivity (Wildman–Crippen MR) is 107 cm³/mol. The summed E-state index contributed by atoms with van der Waals surface area (Å²) < 4.78 is 44.3. The topological polar surface area (TPSA) is 85.0 Å². The van der Waals surface area contributed by atoms with Crippen molar-refractivity contribution in [3.63, 3.8) is 0 Å². The van der Waals surface area contributed by atoms with Crippen LogP contribution in [-0.2, 0) is 6.18 Å². The summed E-state index contributed by atoms with van der Waals surface area (Å²) >= 11 is 11.9. The van der Waals surface area contributed by atoms with Crippen molar-refractivity contribution < 1.29 is 17.9 Å². The third-order valence-electron chi connectivity index (χ3n) is 3.96. The number of amidine groups is 1. The number of nitrogens with one attached hydrogen (secondary N) is 2. The van der Waals surface area contributed by atoms with Crippen LogP contribution in [0.25, 0.3) is 0 Å². The number of benzene rings is 2. The van der Waals surface area contributed by atoms with E-state index >= 15 is 0 Å². The Balaban J connectivity index is 1.91. The Morgan fingerprint density at radius 1 is 1.27 bits per heavy atom. The van der Waals surface area contributed by atoms with Crippen LogP contribution in [0.15, 0.2) is 46.4 Å². The van der Waals surface area contributed by atoms with E-state index in [9.17, 15) is 13.2 Å². The van der Waals surface area contributed by atoms with E-state index in [1.165, 1.54) is 12.1 Å². The van der Waals surface area contributed by atoms with E-state index in [4.69, 9.17) is 33.2 Å². The van der Waals surface area contributed by atoms with E-state index in [1.54, 1.807) is 24.4 Å². The van der Waals surface area contributed by atoms with Gasteiger partial charge >= 0.3 is 6.18 Å². The fraction of sp³-hybridized carbons (Fsp3) is 0.167. The lowest BCUT2D eigenvalue weighted by Gasteiger charge is -2.19. The summed E-state index contributed by atoms with van der Waals surface area (Å²) in [5, 5.41) is 13.4. The second kappa shape index (κ2) is 8.69. The zero-order valence-corrected chi connectivity index (χ0v) is 16.8. The smallest absolute Gasteiger partial charge is 0.416 e. The van der Waals surface area contributed by atoms with Crippen LogP contribution in [0.5, 0.6) is 5.75 Å². The van der Waals surface area contributed by atoms with E-state index in [0.717, 1.165) is 18.2 Å². The number of alkyl halides is 3. The van der Waals surface area contributed by atoms with Gasteiger partial charge in [0.2, 0.25) is 5.96 Å². The van der Waals surface area contributed by atoms with Gasteiger partial charge in [-0.15, -0.1) is 0 Å². The number of hydrogen-bond donors (Lipinski definition) is 2. The van der Waals surface area contributed by atoms with E-state index in [1.807, 2.05) is 0 Å². The molecule has 0 aromatic heterocycles. The Labute approximate surface area is 179 Å². The van der Waals surface area contributed by atoms with Crippen LogP contribution in [0.4, 0.5) is 18.9 Å². The van der Waals surface area contributed by atoms with Crippen molar-refractivity contribution in [1.29, 1.82) is 5.26 Å². The van der Waals surface area contributed by atoms with Crippen LogP contribution in [0.2, 0.25) is 10.0 Å². The summed E-state index contributed by atoms with van der Waals surface area (Å²) in [5.41, 5.74) is 2.52. The molecular formula is C18H13Cl2F3N6O. The molecule has 0 bridgehead atoms. The van der Waals surface area contributed by atoms with Gasteiger partial charge in [-0.05, 0) is 36.4 Å². The molecule has 2 aromatic rings. The van der Waals surface area contributed by atoms with Crippen molar-refractivity contribution in [2.75, 3.05) is 13.8 Å². The molecule has 0 atom stereocenters. The minimum Gasteiger partial charge on any atom is -0.494 e. The van der Waals surface area contributed by atoms with Gasteiger partial charge in [0, 0.05) is 5.56 Å². The number of nitriles is 1. The van der Waals surface area contributed by atoms with Gasteiger partial charge in [-0.3, -0.25) is 10.7 Å². The summed E-state index contributed by atoms with van der Waals surface area (Å²) in [5.74, 6) is 0.441. The molecule has 2 N–H and O–H groups in total. The first-order valence-corrected chi connectivity index (χ1v) is 9.01. The number of aliphatic imine (C=N–C) groups is 2. The maximum atomic E-state index is 13.1. The average Bonchev–Trinajstić information content (AvgIpc) is 3.19. The lowest BCUT2D eigenvalue weighted by Crippen LogP contribution is -2.46. The molecule has 0 spiro atoms. The number of hydrazine groups is 1. The Morgan fingerprint density at radius 3 is 2.67 bits per heavy atom. The second-order valence-electron chi connectivity index (χ2n) is 5.87. The molecule has 1 aliphatic heterocycles. The fourth-order valence-electron chi connectivity index (χ4n) is 2.53. The maximum Gasteiger partial charge on any atom is 0.416 e. The van der Waals surface area contributed by atoms with E-state index in [-0.39, 0.29) is 24.1 Å². The Bertz CT molecular complexity index is 1060. The summed E-state index contributed by atoms with van der Waals surface area (Å²) in [6.45, 7) is 0.0321. The molecule has 0 radical (unpaired) electrons. The molecule has 0 aliphatic carbocycles. The van der Waals surface area contributed by atoms with E-state index < -0.39 is 11.7 Å². The fourth-order valence-corrected chi connectivity index (χ4v) is 2.83. The number of nitrogens with zero attached hydrogens (tertiary/aromatic N) is 4. The molecule has 3 rings (SSSR count). The standard InChI is InChI=1S/C18H13Cl2F3N6O/c1-30-15-5-3-11(18(21,22)23)7-14(15)27-17(25-8-24)29-9-26-16(28-29)10-2-4-12(19)13(20)6-10/h2-7H,9H2,1H3,(H,25,27)(H,26,28). The monoisotopic (exact) mass is 456 g/mol. The van der Waals surface area contributed by atoms with Gasteiger partial charge < -0.3 is 4.74 Å². The zero-order valence-electron chi connectivity index (χ0n) is 15.3. The van der Waals surface area contributed by atoms with Gasteiger partial charge in [-0.25, -0.2) is 15.0 Å². The number of rotatable bonds is 3. The number of guanidine groups is 1. The Morgan fingerprint density at radius 2 is 2.03 bits per heavy atom. The molecule has 0 amide bonds. The summed E-state index contributed by atoms with van der Waals surface area (Å²) in [7, 11) is 1.30. The molecule has 156 valence electrons. The number of halogens is 5. The molecule has 12 heteroatoms. The highest BCUT2D eigenvalue weighted by atomic mass is 35.5. The van der Waals surface area contributed by atoms with Crippen molar-refractivity contribution in [3.8, 4) is 11.9 Å². The van der Waals surface area contributed by atoms with Gasteiger partial charge in [0.15, 0.2) is 6.19 Å². The molecule has 30 heavy (non-hydrogen) atoms. The molecule has 2 aromatic carbocycles. The maximum absolute atomic E-state index is 13.1. The number of hydrogen-bond acceptors (Lipinski definition) is 5. The molecule has 7 nitrogen and oxygen atoms in total. The Kier molecular flexibility index (Phi) is 6.24. The quantitative estimate of drug-likeness (QED) is 0.311. The normalized spacial score (nSPS) is 14.1. The molecule has 1 heterocycles. The molecule has 0 fully saturated rings. The van der Waals surface area contributed by atoms with Crippen LogP contribution in [0.3, 0.4) is 0 Å². The third kappa shape index (κ3) is 4.69. The highest BCUT2D eigenvalue weighted by Crippen LogP contribution is 2.36. The van der Waals surface area contributed by atoms with Gasteiger partial charge in [0.05, 0.1) is 22.7 Å². The van der Waals surface area contributed by atoms with Crippen LogP contribution in [0.1, 0.15) is 11.1 Å². The van der Waals surface area contributed by atoms with Crippen LogP contribution in [0, 0.1) is 11.5 Å². The minimum absolute atomic E-state index is 0.0321. The summed E-state index contributed by atoms with van der Waals surface area (Å²) in [6.07, 6.45) is -2.86. The van der Waals surface area contributed by atoms with Gasteiger partial charge in [0.25, 0.3) is 0 Å². The van der Waals surface area contributed by atoms with Crippen molar-refractivity contribution >= 4 is 40.7 Å². The third-order valence-corrected chi connectivity index (χ3v) is 4.70. The largest absolute Gasteiger partial charge is 0.494 e.